The fourth-order valence-corrected chi connectivity index (χ4v) is 4.70. The van der Waals surface area contributed by atoms with Gasteiger partial charge in [-0.1, -0.05) is 37.6 Å². The van der Waals surface area contributed by atoms with E-state index in [0.717, 1.165) is 38.0 Å². The van der Waals surface area contributed by atoms with Gasteiger partial charge in [0.15, 0.2) is 0 Å². The van der Waals surface area contributed by atoms with Crippen LogP contribution in [0.15, 0.2) is 58.7 Å². The van der Waals surface area contributed by atoms with Crippen LogP contribution in [0.1, 0.15) is 48.9 Å². The highest BCUT2D eigenvalue weighted by Crippen LogP contribution is 2.44. The molecule has 1 amide bonds. The molecular formula is C26H28ClN5OS. The van der Waals surface area contributed by atoms with Crippen LogP contribution in [0.2, 0.25) is 5.02 Å². The molecule has 0 spiro atoms. The molecule has 1 aromatic carbocycles. The Kier molecular flexibility index (Phi) is 7.24. The van der Waals surface area contributed by atoms with Gasteiger partial charge in [0.25, 0.3) is 5.91 Å². The largest absolute Gasteiger partial charge is 0.343 e. The average molecular weight is 494 g/mol. The van der Waals surface area contributed by atoms with Crippen LogP contribution in [0.4, 0.5) is 0 Å². The van der Waals surface area contributed by atoms with Gasteiger partial charge in [0.2, 0.25) is 0 Å². The summed E-state index contributed by atoms with van der Waals surface area (Å²) in [5.41, 5.74) is 3.18. The summed E-state index contributed by atoms with van der Waals surface area (Å²) < 4.78 is 2.19. The van der Waals surface area contributed by atoms with Crippen molar-refractivity contribution in [2.75, 3.05) is 14.1 Å². The molecule has 1 saturated carbocycles. The lowest BCUT2D eigenvalue weighted by Crippen LogP contribution is -2.22. The van der Waals surface area contributed by atoms with Crippen LogP contribution in [0.3, 0.4) is 0 Å². The summed E-state index contributed by atoms with van der Waals surface area (Å²) in [7, 11) is 5.53. The van der Waals surface area contributed by atoms with Gasteiger partial charge in [-0.05, 0) is 54.9 Å². The molecule has 1 fully saturated rings. The van der Waals surface area contributed by atoms with Crippen molar-refractivity contribution in [3.05, 3.63) is 65.2 Å². The van der Waals surface area contributed by atoms with Gasteiger partial charge in [-0.25, -0.2) is 15.0 Å². The van der Waals surface area contributed by atoms with Crippen LogP contribution in [-0.4, -0.2) is 44.4 Å². The van der Waals surface area contributed by atoms with Crippen molar-refractivity contribution < 1.29 is 4.79 Å². The van der Waals surface area contributed by atoms with Crippen LogP contribution >= 0.6 is 23.4 Å². The molecule has 1 aliphatic rings. The Morgan fingerprint density at radius 1 is 1.09 bits per heavy atom. The maximum absolute atomic E-state index is 12.3. The van der Waals surface area contributed by atoms with Crippen molar-refractivity contribution in [2.24, 2.45) is 7.05 Å². The topological polar surface area (TPSA) is 63.9 Å². The van der Waals surface area contributed by atoms with Crippen molar-refractivity contribution >= 4 is 40.2 Å². The van der Waals surface area contributed by atoms with Gasteiger partial charge < -0.3 is 9.47 Å². The molecule has 3 aromatic heterocycles. The first-order valence-corrected chi connectivity index (χ1v) is 12.6. The first-order valence-electron chi connectivity index (χ1n) is 11.4. The molecule has 0 unspecified atom stereocenters. The predicted molar refractivity (Wildman–Crippen MR) is 139 cm³/mol. The Morgan fingerprint density at radius 2 is 1.85 bits per heavy atom. The van der Waals surface area contributed by atoms with Crippen LogP contribution in [0.25, 0.3) is 22.2 Å². The van der Waals surface area contributed by atoms with E-state index < -0.39 is 0 Å². The maximum Gasteiger partial charge on any atom is 0.271 e. The monoisotopic (exact) mass is 493 g/mol. The molecule has 0 aliphatic heterocycles. The minimum atomic E-state index is -0.107. The van der Waals surface area contributed by atoms with Crippen LogP contribution in [0.5, 0.6) is 0 Å². The molecular weight excluding hydrogens is 466 g/mol. The van der Waals surface area contributed by atoms with Crippen LogP contribution < -0.4 is 0 Å². The molecule has 1 aliphatic carbocycles. The number of halogens is 1. The molecule has 5 rings (SSSR count). The summed E-state index contributed by atoms with van der Waals surface area (Å²) in [6, 6.07) is 13.6. The number of pyridine rings is 2. The second-order valence-corrected chi connectivity index (χ2v) is 9.62. The normalized spacial score (nSPS) is 12.9. The summed E-state index contributed by atoms with van der Waals surface area (Å²) in [6.07, 6.45) is 4.02. The Balaban J connectivity index is 0.00000133. The number of benzene rings is 1. The summed E-state index contributed by atoms with van der Waals surface area (Å²) in [5.74, 6) is 1.53. The minimum absolute atomic E-state index is 0.107. The Labute approximate surface area is 209 Å². The lowest BCUT2D eigenvalue weighted by atomic mass is 10.1. The number of carbonyl (C=O) groups excluding carboxylic acids is 1. The molecule has 4 aromatic rings. The molecule has 3 heterocycles. The predicted octanol–water partition coefficient (Wildman–Crippen LogP) is 6.44. The number of hydrogen-bond donors (Lipinski definition) is 0. The van der Waals surface area contributed by atoms with E-state index in [4.69, 9.17) is 16.6 Å². The van der Waals surface area contributed by atoms with E-state index in [9.17, 15) is 4.79 Å². The molecule has 8 heteroatoms. The molecule has 176 valence electrons. The van der Waals surface area contributed by atoms with E-state index in [-0.39, 0.29) is 5.91 Å². The maximum atomic E-state index is 12.3. The smallest absolute Gasteiger partial charge is 0.271 e. The van der Waals surface area contributed by atoms with E-state index in [2.05, 4.69) is 27.6 Å². The highest BCUT2D eigenvalue weighted by molar-refractivity contribution is 7.99. The SMILES string of the molecule is CC.CN(C)C(=O)c1ccc2cc(-c3nc(C4CC4)n(C)c3Sc3ccc(Cl)cn3)ccc2n1. The zero-order chi connectivity index (χ0) is 24.4. The number of imidazole rings is 1. The number of nitrogens with zero attached hydrogens (tertiary/aromatic N) is 5. The third-order valence-electron chi connectivity index (χ3n) is 5.51. The lowest BCUT2D eigenvalue weighted by Gasteiger charge is -2.10. The van der Waals surface area contributed by atoms with Crippen molar-refractivity contribution in [3.8, 4) is 11.3 Å². The zero-order valence-electron chi connectivity index (χ0n) is 20.0. The number of amides is 1. The molecule has 34 heavy (non-hydrogen) atoms. The third-order valence-corrected chi connectivity index (χ3v) is 6.84. The summed E-state index contributed by atoms with van der Waals surface area (Å²) in [5, 5.41) is 3.51. The lowest BCUT2D eigenvalue weighted by molar-refractivity contribution is 0.0822. The van der Waals surface area contributed by atoms with Gasteiger partial charge >= 0.3 is 0 Å². The van der Waals surface area contributed by atoms with Crippen molar-refractivity contribution in [3.63, 3.8) is 0 Å². The fourth-order valence-electron chi connectivity index (χ4n) is 3.65. The van der Waals surface area contributed by atoms with Gasteiger partial charge in [-0.3, -0.25) is 4.79 Å². The Hall–Kier alpha value is -2.90. The minimum Gasteiger partial charge on any atom is -0.343 e. The quantitative estimate of drug-likeness (QED) is 0.320. The second-order valence-electron chi connectivity index (χ2n) is 8.18. The molecule has 0 radical (unpaired) electrons. The van der Waals surface area contributed by atoms with Gasteiger partial charge in [0, 0.05) is 44.2 Å². The molecule has 0 N–H and O–H groups in total. The summed E-state index contributed by atoms with van der Waals surface area (Å²) in [4.78, 5) is 27.8. The van der Waals surface area contributed by atoms with E-state index in [1.807, 2.05) is 44.2 Å². The molecule has 6 nitrogen and oxygen atoms in total. The Bertz CT molecular complexity index is 1330. The van der Waals surface area contributed by atoms with Crippen molar-refractivity contribution in [1.29, 1.82) is 0 Å². The molecule has 0 atom stereocenters. The number of rotatable bonds is 5. The first-order chi connectivity index (χ1) is 16.4. The van der Waals surface area contributed by atoms with Gasteiger partial charge in [-0.15, -0.1) is 0 Å². The third kappa shape index (κ3) is 4.95. The first kappa shape index (κ1) is 24.2. The number of aromatic nitrogens is 4. The summed E-state index contributed by atoms with van der Waals surface area (Å²) >= 11 is 7.60. The van der Waals surface area contributed by atoms with Gasteiger partial charge in [0.05, 0.1) is 10.5 Å². The molecule has 0 bridgehead atoms. The number of fused-ring (bicyclic) bond motifs is 1. The highest BCUT2D eigenvalue weighted by atomic mass is 35.5. The van der Waals surface area contributed by atoms with Crippen LogP contribution in [-0.2, 0) is 7.05 Å². The Morgan fingerprint density at radius 3 is 2.50 bits per heavy atom. The second kappa shape index (κ2) is 10.2. The van der Waals surface area contributed by atoms with E-state index in [0.29, 0.717) is 16.6 Å². The van der Waals surface area contributed by atoms with Gasteiger partial charge in [0.1, 0.15) is 27.3 Å². The van der Waals surface area contributed by atoms with Gasteiger partial charge in [-0.2, -0.15) is 0 Å². The van der Waals surface area contributed by atoms with E-state index in [1.54, 1.807) is 38.1 Å². The zero-order valence-corrected chi connectivity index (χ0v) is 21.6. The average Bonchev–Trinajstić information content (AvgIpc) is 3.65. The van der Waals surface area contributed by atoms with E-state index >= 15 is 0 Å². The standard InChI is InChI=1S/C24H22ClN5OS.C2H6/c1-29(2)23(31)19-10-6-15-12-16(7-9-18(15)27-19)21-24(30(3)22(28-21)14-4-5-14)32-20-11-8-17(25)13-26-20;1-2/h6-14H,4-5H2,1-3H3;1-2H3. The van der Waals surface area contributed by atoms with Crippen molar-refractivity contribution in [2.45, 2.75) is 42.7 Å². The number of hydrogen-bond acceptors (Lipinski definition) is 5. The van der Waals surface area contributed by atoms with Crippen molar-refractivity contribution in [1.82, 2.24) is 24.4 Å². The summed E-state index contributed by atoms with van der Waals surface area (Å²) in [6.45, 7) is 4.00. The number of carbonyl (C=O) groups is 1. The highest BCUT2D eigenvalue weighted by Gasteiger charge is 2.31. The fraction of sp³-hybridized carbons (Fsp3) is 0.308. The van der Waals surface area contributed by atoms with E-state index in [1.165, 1.54) is 17.7 Å². The van der Waals surface area contributed by atoms with Crippen LogP contribution in [0, 0.1) is 0 Å². The molecule has 0 saturated heterocycles.